The van der Waals surface area contributed by atoms with E-state index in [1.807, 2.05) is 35.0 Å². The predicted molar refractivity (Wildman–Crippen MR) is 128 cm³/mol. The summed E-state index contributed by atoms with van der Waals surface area (Å²) in [5.74, 6) is 2.03. The summed E-state index contributed by atoms with van der Waals surface area (Å²) in [5, 5.41) is 9.22. The van der Waals surface area contributed by atoms with Crippen LogP contribution in [0.4, 0.5) is 0 Å². The molecule has 6 rings (SSSR count). The van der Waals surface area contributed by atoms with Crippen molar-refractivity contribution < 1.29 is 14.2 Å². The van der Waals surface area contributed by atoms with Gasteiger partial charge in [-0.15, -0.1) is 0 Å². The first-order valence-electron chi connectivity index (χ1n) is 11.4. The van der Waals surface area contributed by atoms with E-state index >= 15 is 0 Å². The quantitative estimate of drug-likeness (QED) is 0.466. The molecule has 2 aliphatic rings. The first kappa shape index (κ1) is 21.2. The van der Waals surface area contributed by atoms with Gasteiger partial charge < -0.3 is 19.5 Å². The third-order valence-corrected chi connectivity index (χ3v) is 6.71. The van der Waals surface area contributed by atoms with Crippen molar-refractivity contribution in [1.29, 1.82) is 0 Å². The van der Waals surface area contributed by atoms with E-state index in [-0.39, 0.29) is 0 Å². The van der Waals surface area contributed by atoms with Crippen molar-refractivity contribution >= 4 is 22.6 Å². The molecule has 1 N–H and O–H groups in total. The van der Waals surface area contributed by atoms with Crippen LogP contribution in [-0.2, 0) is 19.4 Å². The zero-order valence-electron chi connectivity index (χ0n) is 18.8. The van der Waals surface area contributed by atoms with Crippen LogP contribution in [-0.4, -0.2) is 46.1 Å². The second-order valence-electron chi connectivity index (χ2n) is 8.50. The van der Waals surface area contributed by atoms with Crippen LogP contribution in [0.2, 0.25) is 5.02 Å². The third-order valence-electron chi connectivity index (χ3n) is 6.36. The van der Waals surface area contributed by atoms with Gasteiger partial charge in [-0.2, -0.15) is 5.10 Å². The Kier molecular flexibility index (Phi) is 5.47. The lowest BCUT2D eigenvalue weighted by molar-refractivity contribution is 0.171. The standard InChI is InChI=1S/C25H24ClN5O3/c1-32-24-5-4-20-25(29-24)21(6-7-27-20)31-14-16-10-17(2-3-19(16)30-31)28-13-15-11-22-23(12-18(15)26)34-9-8-33-22/h4-7,11-12,14,17,28H,2-3,8-10,13H2,1H3. The van der Waals surface area contributed by atoms with Crippen LogP contribution >= 0.6 is 11.6 Å². The lowest BCUT2D eigenvalue weighted by atomic mass is 9.93. The molecule has 174 valence electrons. The number of hydrogen-bond donors (Lipinski definition) is 1. The van der Waals surface area contributed by atoms with Gasteiger partial charge in [0.15, 0.2) is 11.5 Å². The van der Waals surface area contributed by atoms with Gasteiger partial charge in [-0.05, 0) is 48.6 Å². The molecule has 1 aromatic carbocycles. The average molecular weight is 478 g/mol. The van der Waals surface area contributed by atoms with Gasteiger partial charge in [0.05, 0.1) is 24.0 Å². The van der Waals surface area contributed by atoms with Crippen LogP contribution in [0.3, 0.4) is 0 Å². The summed E-state index contributed by atoms with van der Waals surface area (Å²) >= 11 is 6.49. The van der Waals surface area contributed by atoms with Gasteiger partial charge in [0.1, 0.15) is 18.7 Å². The van der Waals surface area contributed by atoms with E-state index in [0.29, 0.717) is 42.5 Å². The van der Waals surface area contributed by atoms with Gasteiger partial charge in [0.25, 0.3) is 0 Å². The van der Waals surface area contributed by atoms with Gasteiger partial charge in [-0.1, -0.05) is 11.6 Å². The molecule has 9 heteroatoms. The van der Waals surface area contributed by atoms with Crippen LogP contribution in [0.1, 0.15) is 23.2 Å². The van der Waals surface area contributed by atoms with Gasteiger partial charge in [0, 0.05) is 42.1 Å². The highest BCUT2D eigenvalue weighted by Gasteiger charge is 2.23. The number of halogens is 1. The van der Waals surface area contributed by atoms with E-state index in [9.17, 15) is 0 Å². The lowest BCUT2D eigenvalue weighted by Gasteiger charge is -2.24. The number of nitrogens with one attached hydrogen (secondary N) is 1. The van der Waals surface area contributed by atoms with Gasteiger partial charge in [0.2, 0.25) is 5.88 Å². The topological polar surface area (TPSA) is 83.3 Å². The molecule has 1 atom stereocenters. The summed E-state index contributed by atoms with van der Waals surface area (Å²) in [6.07, 6.45) is 6.71. The molecule has 0 saturated heterocycles. The number of aryl methyl sites for hydroxylation is 1. The monoisotopic (exact) mass is 477 g/mol. The fourth-order valence-corrected chi connectivity index (χ4v) is 4.81. The number of methoxy groups -OCH3 is 1. The summed E-state index contributed by atoms with van der Waals surface area (Å²) in [5.41, 5.74) is 5.85. The zero-order chi connectivity index (χ0) is 23.1. The molecule has 0 amide bonds. The number of hydrogen-bond acceptors (Lipinski definition) is 7. The summed E-state index contributed by atoms with van der Waals surface area (Å²) in [4.78, 5) is 9.03. The van der Waals surface area contributed by atoms with Crippen LogP contribution < -0.4 is 19.5 Å². The number of aromatic nitrogens is 4. The predicted octanol–water partition coefficient (Wildman–Crippen LogP) is 3.90. The van der Waals surface area contributed by atoms with E-state index in [0.717, 1.165) is 53.0 Å². The molecule has 0 radical (unpaired) electrons. The van der Waals surface area contributed by atoms with E-state index in [1.165, 1.54) is 5.56 Å². The highest BCUT2D eigenvalue weighted by atomic mass is 35.5. The third kappa shape index (κ3) is 3.93. The van der Waals surface area contributed by atoms with Crippen molar-refractivity contribution in [1.82, 2.24) is 25.1 Å². The fourth-order valence-electron chi connectivity index (χ4n) is 4.59. The summed E-state index contributed by atoms with van der Waals surface area (Å²) in [6, 6.07) is 9.83. The number of benzene rings is 1. The number of nitrogens with zero attached hydrogens (tertiary/aromatic N) is 4. The Hall–Kier alpha value is -3.36. The molecular formula is C25H24ClN5O3. The first-order chi connectivity index (χ1) is 16.7. The maximum absolute atomic E-state index is 6.49. The number of fused-ring (bicyclic) bond motifs is 3. The van der Waals surface area contributed by atoms with E-state index in [2.05, 4.69) is 21.5 Å². The van der Waals surface area contributed by atoms with Crippen molar-refractivity contribution in [3.05, 3.63) is 64.6 Å². The van der Waals surface area contributed by atoms with Crippen molar-refractivity contribution in [2.24, 2.45) is 0 Å². The van der Waals surface area contributed by atoms with Crippen molar-refractivity contribution in [2.75, 3.05) is 20.3 Å². The molecule has 34 heavy (non-hydrogen) atoms. The molecule has 0 spiro atoms. The van der Waals surface area contributed by atoms with Gasteiger partial charge >= 0.3 is 0 Å². The normalized spacial score (nSPS) is 16.9. The molecule has 0 bridgehead atoms. The van der Waals surface area contributed by atoms with Crippen LogP contribution in [0.15, 0.2) is 42.7 Å². The maximum atomic E-state index is 6.49. The molecule has 4 aromatic rings. The van der Waals surface area contributed by atoms with Gasteiger partial charge in [-0.25, -0.2) is 9.67 Å². The highest BCUT2D eigenvalue weighted by Crippen LogP contribution is 2.35. The molecule has 4 heterocycles. The van der Waals surface area contributed by atoms with E-state index in [4.69, 9.17) is 30.9 Å². The number of ether oxygens (including phenoxy) is 3. The summed E-state index contributed by atoms with van der Waals surface area (Å²) in [6.45, 7) is 1.78. The Balaban J connectivity index is 1.20. The summed E-state index contributed by atoms with van der Waals surface area (Å²) < 4.78 is 18.6. The molecule has 3 aromatic heterocycles. The Morgan fingerprint density at radius 3 is 2.88 bits per heavy atom. The second-order valence-corrected chi connectivity index (χ2v) is 8.91. The van der Waals surface area contributed by atoms with Crippen LogP contribution in [0.5, 0.6) is 17.4 Å². The Bertz CT molecular complexity index is 1370. The molecule has 0 fully saturated rings. The number of pyridine rings is 2. The molecule has 1 aliphatic carbocycles. The Morgan fingerprint density at radius 1 is 1.18 bits per heavy atom. The largest absolute Gasteiger partial charge is 0.486 e. The number of rotatable bonds is 5. The Morgan fingerprint density at radius 2 is 2.03 bits per heavy atom. The maximum Gasteiger partial charge on any atom is 0.213 e. The minimum atomic E-state index is 0.335. The molecule has 1 unspecified atom stereocenters. The first-order valence-corrected chi connectivity index (χ1v) is 11.7. The minimum Gasteiger partial charge on any atom is -0.486 e. The molecule has 1 aliphatic heterocycles. The Labute approximate surface area is 201 Å². The average Bonchev–Trinajstić information content (AvgIpc) is 3.30. The summed E-state index contributed by atoms with van der Waals surface area (Å²) in [7, 11) is 1.61. The van der Waals surface area contributed by atoms with E-state index in [1.54, 1.807) is 13.3 Å². The van der Waals surface area contributed by atoms with Gasteiger partial charge in [-0.3, -0.25) is 4.98 Å². The van der Waals surface area contributed by atoms with E-state index < -0.39 is 0 Å². The highest BCUT2D eigenvalue weighted by molar-refractivity contribution is 6.31. The molecule has 0 saturated carbocycles. The SMILES string of the molecule is COc1ccc2nccc(-n3cc4c(n3)CCC(NCc3cc5c(cc3Cl)OCCO5)C4)c2n1. The zero-order valence-corrected chi connectivity index (χ0v) is 19.5. The van der Waals surface area contributed by atoms with Crippen LogP contribution in [0.25, 0.3) is 16.7 Å². The molecule has 8 nitrogen and oxygen atoms in total. The lowest BCUT2D eigenvalue weighted by Crippen LogP contribution is -2.34. The minimum absolute atomic E-state index is 0.335. The fraction of sp³-hybridized carbons (Fsp3) is 0.320. The van der Waals surface area contributed by atoms with Crippen molar-refractivity contribution in [3.8, 4) is 23.1 Å². The second kappa shape index (κ2) is 8.77. The molecular weight excluding hydrogens is 454 g/mol. The van der Waals surface area contributed by atoms with Crippen molar-refractivity contribution in [3.63, 3.8) is 0 Å². The van der Waals surface area contributed by atoms with Crippen LogP contribution in [0, 0.1) is 0 Å². The smallest absolute Gasteiger partial charge is 0.213 e. The van der Waals surface area contributed by atoms with Crippen molar-refractivity contribution in [2.45, 2.75) is 31.8 Å².